The first-order valence-corrected chi connectivity index (χ1v) is 9.21. The van der Waals surface area contributed by atoms with Gasteiger partial charge in [0.2, 0.25) is 10.0 Å². The molecule has 0 rings (SSSR count). The summed E-state index contributed by atoms with van der Waals surface area (Å²) in [7, 11) is -3.15. The number of hydrogen-bond donors (Lipinski definition) is 2. The molecule has 0 aliphatic heterocycles. The van der Waals surface area contributed by atoms with Crippen molar-refractivity contribution in [2.24, 2.45) is 0 Å². The molecular formula is C14H32N2O2S. The Kier molecular flexibility index (Phi) is 8.86. The molecule has 4 nitrogen and oxygen atoms in total. The van der Waals surface area contributed by atoms with E-state index in [4.69, 9.17) is 0 Å². The predicted octanol–water partition coefficient (Wildman–Crippen LogP) is 2.65. The molecule has 0 amide bonds. The first-order valence-electron chi connectivity index (χ1n) is 7.56. The zero-order valence-electron chi connectivity index (χ0n) is 13.3. The third-order valence-corrected chi connectivity index (χ3v) is 5.36. The van der Waals surface area contributed by atoms with Gasteiger partial charge in [-0.3, -0.25) is 0 Å². The normalized spacial score (nSPS) is 13.2. The molecule has 0 saturated heterocycles. The maximum Gasteiger partial charge on any atom is 0.212 e. The van der Waals surface area contributed by atoms with Gasteiger partial charge in [-0.2, -0.15) is 0 Å². The lowest BCUT2D eigenvalue weighted by atomic mass is 9.91. The van der Waals surface area contributed by atoms with Gasteiger partial charge in [0.25, 0.3) is 0 Å². The van der Waals surface area contributed by atoms with Crippen LogP contribution in [0.4, 0.5) is 0 Å². The molecule has 0 radical (unpaired) electrons. The van der Waals surface area contributed by atoms with E-state index in [0.717, 1.165) is 32.2 Å². The highest BCUT2D eigenvalue weighted by Crippen LogP contribution is 2.20. The van der Waals surface area contributed by atoms with Crippen molar-refractivity contribution in [1.82, 2.24) is 10.0 Å². The molecule has 0 aromatic carbocycles. The van der Waals surface area contributed by atoms with E-state index in [0.29, 0.717) is 12.5 Å². The standard InChI is InChI=1S/C14H32N2O2S/c1-6-14(7-2,8-3)16-19(17,18)12-10-9-11-15-13(4)5/h13,15-16H,6-12H2,1-5H3. The van der Waals surface area contributed by atoms with Gasteiger partial charge >= 0.3 is 0 Å². The molecule has 0 saturated carbocycles. The lowest BCUT2D eigenvalue weighted by Crippen LogP contribution is -2.47. The summed E-state index contributed by atoms with van der Waals surface area (Å²) >= 11 is 0. The second kappa shape index (κ2) is 8.93. The molecule has 5 heteroatoms. The number of unbranched alkanes of at least 4 members (excludes halogenated alkanes) is 1. The molecule has 0 spiro atoms. The molecule has 116 valence electrons. The minimum atomic E-state index is -3.15. The monoisotopic (exact) mass is 292 g/mol. The van der Waals surface area contributed by atoms with Crippen molar-refractivity contribution in [3.8, 4) is 0 Å². The van der Waals surface area contributed by atoms with Crippen molar-refractivity contribution in [2.75, 3.05) is 12.3 Å². The van der Waals surface area contributed by atoms with Gasteiger partial charge in [0.05, 0.1) is 5.75 Å². The van der Waals surface area contributed by atoms with E-state index in [1.165, 1.54) is 0 Å². The van der Waals surface area contributed by atoms with E-state index < -0.39 is 10.0 Å². The lowest BCUT2D eigenvalue weighted by Gasteiger charge is -2.31. The fourth-order valence-corrected chi connectivity index (χ4v) is 3.93. The average Bonchev–Trinajstić information content (AvgIpc) is 2.35. The Morgan fingerprint density at radius 3 is 1.95 bits per heavy atom. The van der Waals surface area contributed by atoms with Gasteiger partial charge in [-0.1, -0.05) is 34.6 Å². The van der Waals surface area contributed by atoms with Crippen molar-refractivity contribution in [3.05, 3.63) is 0 Å². The van der Waals surface area contributed by atoms with Crippen LogP contribution < -0.4 is 10.0 Å². The summed E-state index contributed by atoms with van der Waals surface area (Å²) in [6.45, 7) is 11.2. The zero-order valence-corrected chi connectivity index (χ0v) is 14.1. The van der Waals surface area contributed by atoms with Crippen LogP contribution in [0, 0.1) is 0 Å². The molecule has 0 fully saturated rings. The maximum absolute atomic E-state index is 12.1. The maximum atomic E-state index is 12.1. The molecule has 0 aromatic rings. The number of rotatable bonds is 11. The molecule has 0 heterocycles. The Morgan fingerprint density at radius 2 is 1.53 bits per heavy atom. The van der Waals surface area contributed by atoms with Crippen molar-refractivity contribution in [3.63, 3.8) is 0 Å². The van der Waals surface area contributed by atoms with Crippen molar-refractivity contribution in [1.29, 1.82) is 0 Å². The minimum Gasteiger partial charge on any atom is -0.315 e. The molecule has 0 unspecified atom stereocenters. The second-order valence-corrected chi connectivity index (χ2v) is 7.42. The van der Waals surface area contributed by atoms with E-state index in [9.17, 15) is 8.42 Å². The first kappa shape index (κ1) is 18.9. The second-order valence-electron chi connectivity index (χ2n) is 5.58. The Labute approximate surface area is 119 Å². The summed E-state index contributed by atoms with van der Waals surface area (Å²) < 4.78 is 27.1. The summed E-state index contributed by atoms with van der Waals surface area (Å²) in [5.41, 5.74) is -0.255. The van der Waals surface area contributed by atoms with Crippen LogP contribution in [-0.2, 0) is 10.0 Å². The quantitative estimate of drug-likeness (QED) is 0.576. The smallest absolute Gasteiger partial charge is 0.212 e. The van der Waals surface area contributed by atoms with Gasteiger partial charge in [-0.25, -0.2) is 13.1 Å². The summed E-state index contributed by atoms with van der Waals surface area (Å²) in [5, 5.41) is 3.30. The van der Waals surface area contributed by atoms with E-state index in [2.05, 4.69) is 23.9 Å². The highest BCUT2D eigenvalue weighted by atomic mass is 32.2. The van der Waals surface area contributed by atoms with E-state index in [-0.39, 0.29) is 11.3 Å². The van der Waals surface area contributed by atoms with Gasteiger partial charge in [0, 0.05) is 11.6 Å². The zero-order chi connectivity index (χ0) is 14.9. The topological polar surface area (TPSA) is 58.2 Å². The largest absolute Gasteiger partial charge is 0.315 e. The Morgan fingerprint density at radius 1 is 1.00 bits per heavy atom. The van der Waals surface area contributed by atoms with Crippen molar-refractivity contribution < 1.29 is 8.42 Å². The summed E-state index contributed by atoms with van der Waals surface area (Å²) in [6.07, 6.45) is 4.13. The van der Waals surface area contributed by atoms with Gasteiger partial charge in [-0.15, -0.1) is 0 Å². The fourth-order valence-electron chi connectivity index (χ4n) is 2.16. The van der Waals surface area contributed by atoms with Gasteiger partial charge < -0.3 is 5.32 Å². The number of hydrogen-bond acceptors (Lipinski definition) is 3. The third kappa shape index (κ3) is 7.90. The van der Waals surface area contributed by atoms with E-state index in [1.807, 2.05) is 20.8 Å². The number of nitrogens with one attached hydrogen (secondary N) is 2. The summed E-state index contributed by atoms with van der Waals surface area (Å²) in [5.74, 6) is 0.231. The molecule has 2 N–H and O–H groups in total. The van der Waals surface area contributed by atoms with Gasteiger partial charge in [-0.05, 0) is 38.6 Å². The number of sulfonamides is 1. The molecule has 0 atom stereocenters. The highest BCUT2D eigenvalue weighted by Gasteiger charge is 2.28. The molecule has 0 bridgehead atoms. The van der Waals surface area contributed by atoms with Crippen LogP contribution in [0.3, 0.4) is 0 Å². The molecular weight excluding hydrogens is 260 g/mol. The lowest BCUT2D eigenvalue weighted by molar-refractivity contribution is 0.341. The molecule has 0 aromatic heterocycles. The summed E-state index contributed by atoms with van der Waals surface area (Å²) in [4.78, 5) is 0. The predicted molar refractivity (Wildman–Crippen MR) is 82.9 cm³/mol. The fraction of sp³-hybridized carbons (Fsp3) is 1.00. The summed E-state index contributed by atoms with van der Waals surface area (Å²) in [6, 6.07) is 0.461. The molecule has 0 aliphatic rings. The van der Waals surface area contributed by atoms with Crippen LogP contribution in [0.5, 0.6) is 0 Å². The van der Waals surface area contributed by atoms with E-state index in [1.54, 1.807) is 0 Å². The Hall–Kier alpha value is -0.130. The van der Waals surface area contributed by atoms with Gasteiger partial charge in [0.15, 0.2) is 0 Å². The third-order valence-electron chi connectivity index (χ3n) is 3.79. The van der Waals surface area contributed by atoms with Crippen LogP contribution in [-0.4, -0.2) is 32.3 Å². The molecule has 19 heavy (non-hydrogen) atoms. The van der Waals surface area contributed by atoms with Gasteiger partial charge in [0.1, 0.15) is 0 Å². The Bertz CT molecular complexity index is 314. The SMILES string of the molecule is CCC(CC)(CC)NS(=O)(=O)CCCCNC(C)C. The van der Waals surface area contributed by atoms with Crippen LogP contribution in [0.1, 0.15) is 66.7 Å². The van der Waals surface area contributed by atoms with Crippen LogP contribution in [0.25, 0.3) is 0 Å². The average molecular weight is 292 g/mol. The Balaban J connectivity index is 4.18. The van der Waals surface area contributed by atoms with Crippen LogP contribution in [0.2, 0.25) is 0 Å². The van der Waals surface area contributed by atoms with E-state index >= 15 is 0 Å². The van der Waals surface area contributed by atoms with Crippen molar-refractivity contribution in [2.45, 2.75) is 78.3 Å². The van der Waals surface area contributed by atoms with Crippen LogP contribution >= 0.6 is 0 Å². The van der Waals surface area contributed by atoms with Crippen molar-refractivity contribution >= 4 is 10.0 Å². The highest BCUT2D eigenvalue weighted by molar-refractivity contribution is 7.89. The first-order chi connectivity index (χ1) is 8.81. The molecule has 0 aliphatic carbocycles. The minimum absolute atomic E-state index is 0.231. The van der Waals surface area contributed by atoms with Crippen LogP contribution in [0.15, 0.2) is 0 Å².